The van der Waals surface area contributed by atoms with E-state index in [2.05, 4.69) is 16.9 Å². The smallest absolute Gasteiger partial charge is 0.315 e. The summed E-state index contributed by atoms with van der Waals surface area (Å²) in [6, 6.07) is 0.461. The maximum Gasteiger partial charge on any atom is 0.315 e. The van der Waals surface area contributed by atoms with E-state index in [9.17, 15) is 4.79 Å². The van der Waals surface area contributed by atoms with Crippen molar-refractivity contribution in [2.45, 2.75) is 68.6 Å². The van der Waals surface area contributed by atoms with Crippen molar-refractivity contribution < 1.29 is 4.79 Å². The molecule has 2 aliphatic rings. The van der Waals surface area contributed by atoms with Gasteiger partial charge >= 0.3 is 6.03 Å². The van der Waals surface area contributed by atoms with Crippen molar-refractivity contribution in [3.63, 3.8) is 0 Å². The minimum atomic E-state index is 0.0425. The van der Waals surface area contributed by atoms with Gasteiger partial charge in [0.1, 0.15) is 0 Å². The van der Waals surface area contributed by atoms with E-state index in [-0.39, 0.29) is 6.03 Å². The van der Waals surface area contributed by atoms with Crippen LogP contribution in [-0.4, -0.2) is 29.6 Å². The van der Waals surface area contributed by atoms with Gasteiger partial charge in [-0.3, -0.25) is 0 Å². The third-order valence-electron chi connectivity index (χ3n) is 4.46. The van der Waals surface area contributed by atoms with Crippen molar-refractivity contribution in [2.24, 2.45) is 0 Å². The molecule has 0 aromatic rings. The summed E-state index contributed by atoms with van der Waals surface area (Å²) in [5.74, 6) is 0. The molecule has 0 aromatic carbocycles. The Hall–Kier alpha value is -0.380. The maximum absolute atomic E-state index is 11.9. The molecule has 0 bridgehead atoms. The van der Waals surface area contributed by atoms with E-state index in [1.54, 1.807) is 0 Å². The standard InChI is InChI=1S/C14H26N2OS/c1-18-14(9-5-2-6-10-14)11-15-13(17)16-12-7-3-4-8-12/h12H,2-11H2,1H3,(H2,15,16,17). The molecule has 3 nitrogen and oxygen atoms in total. The summed E-state index contributed by atoms with van der Waals surface area (Å²) in [6.45, 7) is 0.826. The monoisotopic (exact) mass is 270 g/mol. The van der Waals surface area contributed by atoms with E-state index in [0.29, 0.717) is 10.8 Å². The molecular weight excluding hydrogens is 244 g/mol. The fourth-order valence-electron chi connectivity index (χ4n) is 3.20. The van der Waals surface area contributed by atoms with E-state index in [0.717, 1.165) is 19.4 Å². The zero-order valence-electron chi connectivity index (χ0n) is 11.5. The second kappa shape index (κ2) is 6.69. The number of hydrogen-bond acceptors (Lipinski definition) is 2. The van der Waals surface area contributed by atoms with Crippen LogP contribution < -0.4 is 10.6 Å². The molecule has 0 aliphatic heterocycles. The van der Waals surface area contributed by atoms with Gasteiger partial charge in [0.15, 0.2) is 0 Å². The first kappa shape index (κ1) is 14.0. The molecule has 2 aliphatic carbocycles. The van der Waals surface area contributed by atoms with E-state index in [1.807, 2.05) is 11.8 Å². The minimum absolute atomic E-state index is 0.0425. The van der Waals surface area contributed by atoms with Gasteiger partial charge in [0.25, 0.3) is 0 Å². The van der Waals surface area contributed by atoms with Crippen LogP contribution in [0.4, 0.5) is 4.79 Å². The molecule has 0 heterocycles. The Bertz CT molecular complexity index is 271. The molecule has 0 spiro atoms. The van der Waals surface area contributed by atoms with Crippen LogP contribution in [0.15, 0.2) is 0 Å². The third-order valence-corrected chi connectivity index (χ3v) is 5.88. The lowest BCUT2D eigenvalue weighted by Gasteiger charge is -2.36. The summed E-state index contributed by atoms with van der Waals surface area (Å²) in [7, 11) is 0. The van der Waals surface area contributed by atoms with Gasteiger partial charge in [0.05, 0.1) is 0 Å². The Kier molecular flexibility index (Phi) is 5.22. The summed E-state index contributed by atoms with van der Waals surface area (Å²) < 4.78 is 0.297. The fraction of sp³-hybridized carbons (Fsp3) is 0.929. The Morgan fingerprint density at radius 3 is 2.44 bits per heavy atom. The first-order valence-corrected chi connectivity index (χ1v) is 8.56. The predicted octanol–water partition coefficient (Wildman–Crippen LogP) is 3.29. The molecule has 2 fully saturated rings. The van der Waals surface area contributed by atoms with Crippen LogP contribution in [-0.2, 0) is 0 Å². The number of nitrogens with one attached hydrogen (secondary N) is 2. The Morgan fingerprint density at radius 2 is 1.83 bits per heavy atom. The van der Waals surface area contributed by atoms with Crippen molar-refractivity contribution in [1.82, 2.24) is 10.6 Å². The van der Waals surface area contributed by atoms with Gasteiger partial charge in [-0.15, -0.1) is 0 Å². The lowest BCUT2D eigenvalue weighted by Crippen LogP contribution is -2.47. The number of urea groups is 1. The first-order valence-electron chi connectivity index (χ1n) is 7.34. The molecular formula is C14H26N2OS. The van der Waals surface area contributed by atoms with Crippen LogP contribution in [0.1, 0.15) is 57.8 Å². The second-order valence-electron chi connectivity index (χ2n) is 5.76. The number of carbonyl (C=O) groups is 1. The summed E-state index contributed by atoms with van der Waals surface area (Å²) in [5.41, 5.74) is 0. The van der Waals surface area contributed by atoms with E-state index in [1.165, 1.54) is 44.9 Å². The molecule has 0 saturated heterocycles. The molecule has 2 saturated carbocycles. The topological polar surface area (TPSA) is 41.1 Å². The van der Waals surface area contributed by atoms with Gasteiger partial charge in [-0.25, -0.2) is 4.79 Å². The lowest BCUT2D eigenvalue weighted by molar-refractivity contribution is 0.234. The van der Waals surface area contributed by atoms with Crippen molar-refractivity contribution in [3.8, 4) is 0 Å². The van der Waals surface area contributed by atoms with Crippen molar-refractivity contribution >= 4 is 17.8 Å². The zero-order valence-corrected chi connectivity index (χ0v) is 12.3. The van der Waals surface area contributed by atoms with Crippen LogP contribution in [0.3, 0.4) is 0 Å². The summed E-state index contributed by atoms with van der Waals surface area (Å²) in [5, 5.41) is 6.20. The average Bonchev–Trinajstić information content (AvgIpc) is 2.90. The number of thioether (sulfide) groups is 1. The Balaban J connectivity index is 1.73. The Labute approximate surface area is 115 Å². The Morgan fingerprint density at radius 1 is 1.17 bits per heavy atom. The highest BCUT2D eigenvalue weighted by Crippen LogP contribution is 2.37. The molecule has 2 rings (SSSR count). The molecule has 0 unspecified atom stereocenters. The third kappa shape index (κ3) is 3.81. The van der Waals surface area contributed by atoms with Crippen LogP contribution in [0.5, 0.6) is 0 Å². The summed E-state index contributed by atoms with van der Waals surface area (Å²) >= 11 is 1.94. The second-order valence-corrected chi connectivity index (χ2v) is 7.03. The van der Waals surface area contributed by atoms with Gasteiger partial charge in [-0.2, -0.15) is 11.8 Å². The van der Waals surface area contributed by atoms with Gasteiger partial charge in [0.2, 0.25) is 0 Å². The normalized spacial score (nSPS) is 23.8. The van der Waals surface area contributed by atoms with Crippen LogP contribution in [0.25, 0.3) is 0 Å². The van der Waals surface area contributed by atoms with Crippen LogP contribution in [0, 0.1) is 0 Å². The molecule has 0 atom stereocenters. The van der Waals surface area contributed by atoms with E-state index < -0.39 is 0 Å². The highest BCUT2D eigenvalue weighted by molar-refractivity contribution is 8.00. The molecule has 4 heteroatoms. The number of amides is 2. The van der Waals surface area contributed by atoms with E-state index >= 15 is 0 Å². The first-order chi connectivity index (χ1) is 8.74. The number of carbonyl (C=O) groups excluding carboxylic acids is 1. The highest BCUT2D eigenvalue weighted by Gasteiger charge is 2.31. The van der Waals surface area contributed by atoms with Crippen molar-refractivity contribution in [1.29, 1.82) is 0 Å². The summed E-state index contributed by atoms with van der Waals surface area (Å²) in [6.07, 6.45) is 13.5. The largest absolute Gasteiger partial charge is 0.337 e. The quantitative estimate of drug-likeness (QED) is 0.823. The molecule has 0 aromatic heterocycles. The SMILES string of the molecule is CSC1(CNC(=O)NC2CCCC2)CCCCC1. The van der Waals surface area contributed by atoms with Gasteiger partial charge in [-0.1, -0.05) is 32.1 Å². The highest BCUT2D eigenvalue weighted by atomic mass is 32.2. The minimum Gasteiger partial charge on any atom is -0.337 e. The number of hydrogen-bond donors (Lipinski definition) is 2. The molecule has 18 heavy (non-hydrogen) atoms. The van der Waals surface area contributed by atoms with Crippen molar-refractivity contribution in [3.05, 3.63) is 0 Å². The zero-order chi connectivity index (χ0) is 12.8. The predicted molar refractivity (Wildman–Crippen MR) is 78.1 cm³/mol. The van der Waals surface area contributed by atoms with Crippen LogP contribution >= 0.6 is 11.8 Å². The molecule has 0 radical (unpaired) electrons. The lowest BCUT2D eigenvalue weighted by atomic mass is 9.88. The summed E-state index contributed by atoms with van der Waals surface area (Å²) in [4.78, 5) is 11.9. The van der Waals surface area contributed by atoms with Gasteiger partial charge in [0, 0.05) is 17.3 Å². The maximum atomic E-state index is 11.9. The average molecular weight is 270 g/mol. The van der Waals surface area contributed by atoms with E-state index in [4.69, 9.17) is 0 Å². The number of rotatable bonds is 4. The fourth-order valence-corrected chi connectivity index (χ4v) is 4.11. The van der Waals surface area contributed by atoms with Gasteiger partial charge in [-0.05, 0) is 31.9 Å². The molecule has 2 amide bonds. The molecule has 104 valence electrons. The molecule has 2 N–H and O–H groups in total. The van der Waals surface area contributed by atoms with Crippen LogP contribution in [0.2, 0.25) is 0 Å². The van der Waals surface area contributed by atoms with Crippen molar-refractivity contribution in [2.75, 3.05) is 12.8 Å². The van der Waals surface area contributed by atoms with Gasteiger partial charge < -0.3 is 10.6 Å².